The van der Waals surface area contributed by atoms with E-state index in [4.69, 9.17) is 0 Å². The van der Waals surface area contributed by atoms with Gasteiger partial charge in [-0.1, -0.05) is 18.2 Å². The predicted molar refractivity (Wildman–Crippen MR) is 104 cm³/mol. The number of halogens is 5. The van der Waals surface area contributed by atoms with Gasteiger partial charge in [0.2, 0.25) is 15.9 Å². The molecule has 1 aliphatic heterocycles. The Morgan fingerprint density at radius 3 is 2.25 bits per heavy atom. The molecule has 2 aliphatic rings. The van der Waals surface area contributed by atoms with Gasteiger partial charge >= 0.3 is 6.18 Å². The van der Waals surface area contributed by atoms with Crippen molar-refractivity contribution in [1.82, 2.24) is 9.21 Å². The lowest BCUT2D eigenvalue weighted by Gasteiger charge is -2.34. The summed E-state index contributed by atoms with van der Waals surface area (Å²) in [5.41, 5.74) is -0.663. The van der Waals surface area contributed by atoms with Crippen molar-refractivity contribution in [3.05, 3.63) is 65.2 Å². The maximum Gasteiger partial charge on any atom is 0.416 e. The number of rotatable bonds is 4. The Hall–Kier alpha value is -2.53. The van der Waals surface area contributed by atoms with Gasteiger partial charge in [-0.2, -0.15) is 17.5 Å². The Labute approximate surface area is 181 Å². The highest BCUT2D eigenvalue weighted by atomic mass is 32.2. The first kappa shape index (κ1) is 22.7. The number of benzene rings is 2. The lowest BCUT2D eigenvalue weighted by Crippen LogP contribution is -2.51. The number of hydrogen-bond acceptors (Lipinski definition) is 3. The lowest BCUT2D eigenvalue weighted by atomic mass is 10.0. The zero-order valence-electron chi connectivity index (χ0n) is 16.6. The van der Waals surface area contributed by atoms with E-state index in [1.54, 1.807) is 0 Å². The Morgan fingerprint density at radius 2 is 1.62 bits per heavy atom. The van der Waals surface area contributed by atoms with Crippen LogP contribution in [0.2, 0.25) is 0 Å². The third-order valence-corrected chi connectivity index (χ3v) is 7.77. The summed E-state index contributed by atoms with van der Waals surface area (Å²) in [7, 11) is -4.21. The fourth-order valence-electron chi connectivity index (χ4n) is 4.10. The second kappa shape index (κ2) is 8.11. The van der Waals surface area contributed by atoms with Crippen LogP contribution in [0, 0.1) is 17.6 Å². The molecular weight excluding hydrogens is 455 g/mol. The van der Waals surface area contributed by atoms with Gasteiger partial charge in [0.15, 0.2) is 0 Å². The highest BCUT2D eigenvalue weighted by molar-refractivity contribution is 7.89. The van der Waals surface area contributed by atoms with Crippen LogP contribution in [0.1, 0.15) is 23.5 Å². The minimum absolute atomic E-state index is 0.0328. The summed E-state index contributed by atoms with van der Waals surface area (Å²) in [4.78, 5) is 13.6. The number of piperazine rings is 1. The topological polar surface area (TPSA) is 57.7 Å². The number of amides is 1. The van der Waals surface area contributed by atoms with Gasteiger partial charge in [0.05, 0.1) is 5.56 Å². The fourth-order valence-corrected chi connectivity index (χ4v) is 5.56. The monoisotopic (exact) mass is 474 g/mol. The minimum Gasteiger partial charge on any atom is -0.340 e. The number of alkyl halides is 3. The molecular formula is C21H19F5N2O3S. The first-order valence-corrected chi connectivity index (χ1v) is 11.3. The molecule has 2 unspecified atom stereocenters. The molecule has 0 radical (unpaired) electrons. The van der Waals surface area contributed by atoms with Crippen LogP contribution in [0.25, 0.3) is 0 Å². The number of nitrogens with zero attached hydrogens (tertiary/aromatic N) is 2. The normalized spacial score (nSPS) is 22.1. The molecule has 0 aromatic heterocycles. The van der Waals surface area contributed by atoms with Gasteiger partial charge in [-0.25, -0.2) is 17.2 Å². The van der Waals surface area contributed by atoms with Crippen molar-refractivity contribution < 1.29 is 35.2 Å². The molecule has 1 saturated heterocycles. The van der Waals surface area contributed by atoms with Crippen LogP contribution in [0.3, 0.4) is 0 Å². The third-order valence-electron chi connectivity index (χ3n) is 5.84. The molecule has 5 nitrogen and oxygen atoms in total. The quantitative estimate of drug-likeness (QED) is 0.637. The summed E-state index contributed by atoms with van der Waals surface area (Å²) < 4.78 is 93.2. The van der Waals surface area contributed by atoms with E-state index in [1.807, 2.05) is 0 Å². The molecule has 2 fully saturated rings. The van der Waals surface area contributed by atoms with Crippen LogP contribution in [-0.4, -0.2) is 49.7 Å². The molecule has 32 heavy (non-hydrogen) atoms. The van der Waals surface area contributed by atoms with E-state index in [2.05, 4.69) is 0 Å². The molecule has 172 valence electrons. The summed E-state index contributed by atoms with van der Waals surface area (Å²) in [5.74, 6) is -3.54. The molecule has 0 spiro atoms. The average Bonchev–Trinajstić information content (AvgIpc) is 3.53. The summed E-state index contributed by atoms with van der Waals surface area (Å²) in [6, 6.07) is 7.36. The summed E-state index contributed by atoms with van der Waals surface area (Å²) >= 11 is 0. The fraction of sp³-hybridized carbons (Fsp3) is 0.381. The Bertz CT molecular complexity index is 1140. The van der Waals surface area contributed by atoms with Crippen molar-refractivity contribution in [3.63, 3.8) is 0 Å². The summed E-state index contributed by atoms with van der Waals surface area (Å²) in [5, 5.41) is 0. The van der Waals surface area contributed by atoms with Crippen LogP contribution >= 0.6 is 0 Å². The zero-order valence-corrected chi connectivity index (χ0v) is 17.5. The first-order chi connectivity index (χ1) is 15.0. The molecule has 4 rings (SSSR count). The van der Waals surface area contributed by atoms with E-state index in [0.29, 0.717) is 12.5 Å². The molecule has 1 aliphatic carbocycles. The van der Waals surface area contributed by atoms with Gasteiger partial charge in [-0.15, -0.1) is 0 Å². The second-order valence-electron chi connectivity index (χ2n) is 7.84. The smallest absolute Gasteiger partial charge is 0.340 e. The molecule has 1 saturated carbocycles. The van der Waals surface area contributed by atoms with Gasteiger partial charge in [0.1, 0.15) is 16.5 Å². The van der Waals surface area contributed by atoms with Crippen LogP contribution in [0.5, 0.6) is 0 Å². The van der Waals surface area contributed by atoms with Crippen LogP contribution in [0.15, 0.2) is 47.4 Å². The lowest BCUT2D eigenvalue weighted by molar-refractivity contribution is -0.139. The zero-order chi connectivity index (χ0) is 23.3. The van der Waals surface area contributed by atoms with E-state index in [9.17, 15) is 35.2 Å². The van der Waals surface area contributed by atoms with E-state index < -0.39 is 50.1 Å². The molecule has 0 bridgehead atoms. The number of hydrogen-bond donors (Lipinski definition) is 0. The van der Waals surface area contributed by atoms with E-state index in [0.717, 1.165) is 22.5 Å². The van der Waals surface area contributed by atoms with Gasteiger partial charge in [0.25, 0.3) is 0 Å². The molecule has 0 N–H and O–H groups in total. The standard InChI is InChI=1S/C21H19F5N2O3S/c22-13-5-6-19(18(23)11-13)32(30,31)28-9-7-27(8-10-28)20(29)16-12-15(16)14-3-1-2-4-17(14)21(24,25)26/h1-6,11,15-16H,7-10,12H2. The summed E-state index contributed by atoms with van der Waals surface area (Å²) in [6.07, 6.45) is -4.21. The van der Waals surface area contributed by atoms with E-state index in [1.165, 1.54) is 23.1 Å². The Balaban J connectivity index is 1.41. The number of carbonyl (C=O) groups is 1. The molecule has 2 aromatic rings. The van der Waals surface area contributed by atoms with Crippen molar-refractivity contribution in [2.75, 3.05) is 26.2 Å². The summed E-state index contributed by atoms with van der Waals surface area (Å²) in [6.45, 7) is -0.126. The van der Waals surface area contributed by atoms with Crippen LogP contribution < -0.4 is 0 Å². The Morgan fingerprint density at radius 1 is 0.969 bits per heavy atom. The van der Waals surface area contributed by atoms with Crippen LogP contribution in [0.4, 0.5) is 22.0 Å². The van der Waals surface area contributed by atoms with Gasteiger partial charge < -0.3 is 4.90 Å². The van der Waals surface area contributed by atoms with E-state index >= 15 is 0 Å². The second-order valence-corrected chi connectivity index (χ2v) is 9.74. The molecule has 2 atom stereocenters. The SMILES string of the molecule is O=C(C1CC1c1ccccc1C(F)(F)F)N1CCN(S(=O)(=O)c2ccc(F)cc2F)CC1. The van der Waals surface area contributed by atoms with Gasteiger partial charge in [-0.3, -0.25) is 4.79 Å². The van der Waals surface area contributed by atoms with Crippen molar-refractivity contribution in [3.8, 4) is 0 Å². The molecule has 1 heterocycles. The highest BCUT2D eigenvalue weighted by Gasteiger charge is 2.49. The average molecular weight is 474 g/mol. The molecule has 1 amide bonds. The predicted octanol–water partition coefficient (Wildman–Crippen LogP) is 3.62. The highest BCUT2D eigenvalue weighted by Crippen LogP contribution is 2.51. The largest absolute Gasteiger partial charge is 0.416 e. The maximum atomic E-state index is 14.0. The molecule has 2 aromatic carbocycles. The van der Waals surface area contributed by atoms with Crippen LogP contribution in [-0.2, 0) is 21.0 Å². The van der Waals surface area contributed by atoms with Crippen molar-refractivity contribution in [2.45, 2.75) is 23.4 Å². The first-order valence-electron chi connectivity index (χ1n) is 9.90. The van der Waals surface area contributed by atoms with Crippen molar-refractivity contribution in [2.24, 2.45) is 5.92 Å². The maximum absolute atomic E-state index is 14.0. The number of carbonyl (C=O) groups excluding carboxylic acids is 1. The van der Waals surface area contributed by atoms with E-state index in [-0.39, 0.29) is 37.6 Å². The van der Waals surface area contributed by atoms with Gasteiger partial charge in [-0.05, 0) is 36.1 Å². The molecule has 11 heteroatoms. The minimum atomic E-state index is -4.51. The van der Waals surface area contributed by atoms with Crippen molar-refractivity contribution >= 4 is 15.9 Å². The third kappa shape index (κ3) is 4.23. The number of sulfonamides is 1. The Kier molecular flexibility index (Phi) is 5.74. The van der Waals surface area contributed by atoms with Gasteiger partial charge in [0, 0.05) is 38.2 Å². The van der Waals surface area contributed by atoms with Crippen molar-refractivity contribution in [1.29, 1.82) is 0 Å².